The van der Waals surface area contributed by atoms with Crippen LogP contribution in [0.1, 0.15) is 67.3 Å². The number of anilines is 1. The molecule has 0 radical (unpaired) electrons. The molecule has 2 N–H and O–H groups in total. The number of fused-ring (bicyclic) bond motifs is 2. The molecule has 14 heteroatoms. The first kappa shape index (κ1) is 34.3. The maximum Gasteiger partial charge on any atom is 0.422 e. The predicted octanol–water partition coefficient (Wildman–Crippen LogP) is 5.55. The Balaban J connectivity index is 1.52. The van der Waals surface area contributed by atoms with Crippen molar-refractivity contribution in [1.29, 1.82) is 0 Å². The van der Waals surface area contributed by atoms with Gasteiger partial charge in [0.2, 0.25) is 5.95 Å². The van der Waals surface area contributed by atoms with E-state index in [0.29, 0.717) is 30.9 Å². The van der Waals surface area contributed by atoms with E-state index in [1.165, 1.54) is 0 Å². The van der Waals surface area contributed by atoms with Crippen molar-refractivity contribution in [2.24, 2.45) is 0 Å². The average molecular weight is 645 g/mol. The fourth-order valence-electron chi connectivity index (χ4n) is 4.41. The minimum Gasteiger partial charge on any atom is -0.492 e. The minimum absolute atomic E-state index is 0.0475. The van der Waals surface area contributed by atoms with Gasteiger partial charge in [-0.05, 0) is 75.4 Å². The second kappa shape index (κ2) is 15.6. The molecule has 0 unspecified atom stereocenters. The number of alkyl halides is 3. The highest BCUT2D eigenvalue weighted by Gasteiger charge is 2.29. The quantitative estimate of drug-likeness (QED) is 0.369. The van der Waals surface area contributed by atoms with Gasteiger partial charge in [-0.2, -0.15) is 28.1 Å². The molecule has 46 heavy (non-hydrogen) atoms. The van der Waals surface area contributed by atoms with Crippen molar-refractivity contribution in [3.8, 4) is 11.8 Å². The number of amides is 2. The molecule has 1 aromatic heterocycles. The highest BCUT2D eigenvalue weighted by atomic mass is 19.4. The third-order valence-corrected chi connectivity index (χ3v) is 6.65. The Hall–Kier alpha value is -4.62. The molecule has 248 valence electrons. The van der Waals surface area contributed by atoms with Crippen LogP contribution < -0.4 is 20.1 Å². The highest BCUT2D eigenvalue weighted by molar-refractivity contribution is 5.94. The van der Waals surface area contributed by atoms with E-state index in [1.807, 2.05) is 32.9 Å². The normalized spacial score (nSPS) is 15.5. The van der Waals surface area contributed by atoms with E-state index < -0.39 is 30.5 Å². The van der Waals surface area contributed by atoms with Crippen LogP contribution in [0.5, 0.6) is 11.8 Å². The van der Waals surface area contributed by atoms with Crippen molar-refractivity contribution >= 4 is 17.9 Å². The second-order valence-corrected chi connectivity index (χ2v) is 11.8. The molecule has 0 fully saturated rings. The molecule has 3 aliphatic rings. The number of benzene rings is 2. The first-order valence-corrected chi connectivity index (χ1v) is 15.1. The number of hydrogen-bond acceptors (Lipinski definition) is 9. The third-order valence-electron chi connectivity index (χ3n) is 6.65. The Morgan fingerprint density at radius 2 is 1.63 bits per heavy atom. The summed E-state index contributed by atoms with van der Waals surface area (Å²) in [5.41, 5.74) is 1.40. The smallest absolute Gasteiger partial charge is 0.422 e. The lowest BCUT2D eigenvalue weighted by atomic mass is 10.1. The van der Waals surface area contributed by atoms with Crippen LogP contribution in [0, 0.1) is 0 Å². The molecule has 6 bridgehead atoms. The standard InChI is InChI=1S/C32H39F3N6O5/c1-31(2,3)46-30(43)41-16-6-4-5-15-36-27(42)24-11-7-22(8-12-24)19-26-38-28(40-29(39-26)45-21-32(33,34)35)37-20-23-9-13-25(14-10-23)44-18-17-41/h7-14H,4-6,15-21H2,1-3H3,(H,36,42)(H,37,38,39,40). The SMILES string of the molecule is CC(C)(C)OC(=O)N1CCCCCNC(=O)c2ccc(cc2)Cc2nc(nc(OCC(F)(F)F)n2)NCc2ccc(cc2)OCC1. The van der Waals surface area contributed by atoms with Gasteiger partial charge in [0, 0.05) is 31.6 Å². The van der Waals surface area contributed by atoms with Crippen LogP contribution >= 0.6 is 0 Å². The number of halogens is 3. The summed E-state index contributed by atoms with van der Waals surface area (Å²) in [6.07, 6.45) is -2.56. The zero-order valence-corrected chi connectivity index (χ0v) is 26.2. The maximum atomic E-state index is 12.8. The largest absolute Gasteiger partial charge is 0.492 e. The summed E-state index contributed by atoms with van der Waals surface area (Å²) in [6.45, 7) is 5.69. The van der Waals surface area contributed by atoms with E-state index in [1.54, 1.807) is 41.3 Å². The van der Waals surface area contributed by atoms with Gasteiger partial charge in [-0.1, -0.05) is 24.3 Å². The van der Waals surface area contributed by atoms with Gasteiger partial charge in [0.15, 0.2) is 6.61 Å². The summed E-state index contributed by atoms with van der Waals surface area (Å²) in [7, 11) is 0. The van der Waals surface area contributed by atoms with Crippen molar-refractivity contribution in [3.05, 3.63) is 71.0 Å². The summed E-state index contributed by atoms with van der Waals surface area (Å²) >= 11 is 0. The number of carbonyl (C=O) groups is 2. The Morgan fingerprint density at radius 3 is 2.33 bits per heavy atom. The molecule has 3 aliphatic heterocycles. The molecule has 4 heterocycles. The van der Waals surface area contributed by atoms with Crippen molar-refractivity contribution < 1.29 is 37.0 Å². The molecule has 6 rings (SSSR count). The number of aromatic nitrogens is 3. The van der Waals surface area contributed by atoms with E-state index in [-0.39, 0.29) is 37.3 Å². The molecule has 0 saturated carbocycles. The van der Waals surface area contributed by atoms with Crippen LogP contribution in [0.4, 0.5) is 23.9 Å². The summed E-state index contributed by atoms with van der Waals surface area (Å²) < 4.78 is 54.8. The summed E-state index contributed by atoms with van der Waals surface area (Å²) in [5, 5.41) is 5.92. The maximum absolute atomic E-state index is 12.8. The van der Waals surface area contributed by atoms with Gasteiger partial charge >= 0.3 is 18.3 Å². The Morgan fingerprint density at radius 1 is 0.913 bits per heavy atom. The van der Waals surface area contributed by atoms with E-state index in [9.17, 15) is 22.8 Å². The van der Waals surface area contributed by atoms with Gasteiger partial charge in [0.05, 0.1) is 6.54 Å². The molecule has 0 saturated heterocycles. The Labute approximate surface area is 265 Å². The number of rotatable bonds is 2. The average Bonchev–Trinajstić information content (AvgIpc) is 2.99. The number of nitrogens with zero attached hydrogens (tertiary/aromatic N) is 4. The van der Waals surface area contributed by atoms with Crippen LogP contribution in [0.2, 0.25) is 0 Å². The molecule has 2 amide bonds. The lowest BCUT2D eigenvalue weighted by Gasteiger charge is -2.27. The lowest BCUT2D eigenvalue weighted by molar-refractivity contribution is -0.154. The predicted molar refractivity (Wildman–Crippen MR) is 164 cm³/mol. The fourth-order valence-corrected chi connectivity index (χ4v) is 4.41. The van der Waals surface area contributed by atoms with Crippen LogP contribution in [-0.4, -0.2) is 76.5 Å². The number of nitrogens with one attached hydrogen (secondary N) is 2. The van der Waals surface area contributed by atoms with Gasteiger partial charge in [0.25, 0.3) is 5.91 Å². The Kier molecular flexibility index (Phi) is 11.6. The van der Waals surface area contributed by atoms with Gasteiger partial charge in [-0.3, -0.25) is 4.79 Å². The molecule has 0 aliphatic carbocycles. The van der Waals surface area contributed by atoms with E-state index in [4.69, 9.17) is 14.2 Å². The van der Waals surface area contributed by atoms with Gasteiger partial charge in [-0.25, -0.2) is 4.79 Å². The number of hydrogen-bond donors (Lipinski definition) is 2. The molecule has 2 aromatic carbocycles. The molecular weight excluding hydrogens is 605 g/mol. The Bertz CT molecular complexity index is 1450. The van der Waals surface area contributed by atoms with Gasteiger partial charge in [0.1, 0.15) is 23.8 Å². The van der Waals surface area contributed by atoms with E-state index in [2.05, 4.69) is 25.6 Å². The third kappa shape index (κ3) is 11.7. The van der Waals surface area contributed by atoms with Gasteiger partial charge in [-0.15, -0.1) is 0 Å². The molecular formula is C32H39F3N6O5. The summed E-state index contributed by atoms with van der Waals surface area (Å²) in [6, 6.07) is 13.6. The lowest BCUT2D eigenvalue weighted by Crippen LogP contribution is -2.39. The number of carbonyl (C=O) groups excluding carboxylic acids is 2. The van der Waals surface area contributed by atoms with Crippen LogP contribution in [0.25, 0.3) is 0 Å². The molecule has 11 nitrogen and oxygen atoms in total. The summed E-state index contributed by atoms with van der Waals surface area (Å²) in [4.78, 5) is 39.6. The molecule has 0 atom stereocenters. The van der Waals surface area contributed by atoms with E-state index >= 15 is 0 Å². The van der Waals surface area contributed by atoms with Crippen LogP contribution in [0.3, 0.4) is 0 Å². The van der Waals surface area contributed by atoms with Crippen LogP contribution in [-0.2, 0) is 17.7 Å². The topological polar surface area (TPSA) is 128 Å². The van der Waals surface area contributed by atoms with Crippen molar-refractivity contribution in [2.45, 2.75) is 64.8 Å². The molecule has 3 aromatic rings. The number of ether oxygens (including phenoxy) is 3. The summed E-state index contributed by atoms with van der Waals surface area (Å²) in [5.74, 6) is 0.615. The van der Waals surface area contributed by atoms with E-state index in [0.717, 1.165) is 30.4 Å². The monoisotopic (exact) mass is 644 g/mol. The highest BCUT2D eigenvalue weighted by Crippen LogP contribution is 2.19. The minimum atomic E-state index is -4.56. The first-order chi connectivity index (χ1) is 21.8. The van der Waals surface area contributed by atoms with Crippen molar-refractivity contribution in [3.63, 3.8) is 0 Å². The van der Waals surface area contributed by atoms with Gasteiger partial charge < -0.3 is 29.7 Å². The van der Waals surface area contributed by atoms with Crippen molar-refractivity contribution in [1.82, 2.24) is 25.2 Å². The van der Waals surface area contributed by atoms with Crippen molar-refractivity contribution in [2.75, 3.05) is 38.2 Å². The molecule has 0 spiro atoms. The first-order valence-electron chi connectivity index (χ1n) is 15.1. The zero-order chi connectivity index (χ0) is 33.2. The second-order valence-electron chi connectivity index (χ2n) is 11.8. The van der Waals surface area contributed by atoms with Crippen LogP contribution in [0.15, 0.2) is 48.5 Å². The fraction of sp³-hybridized carbons (Fsp3) is 0.469. The zero-order valence-electron chi connectivity index (χ0n) is 26.2.